The zero-order valence-corrected chi connectivity index (χ0v) is 17.8. The molecule has 6 atom stereocenters. The van der Waals surface area contributed by atoms with Crippen LogP contribution >= 0.6 is 0 Å². The predicted molar refractivity (Wildman–Crippen MR) is 114 cm³/mol. The van der Waals surface area contributed by atoms with Gasteiger partial charge >= 0.3 is 0 Å². The average Bonchev–Trinajstić information content (AvgIpc) is 3.00. The molecule has 3 saturated carbocycles. The second-order valence-corrected chi connectivity index (χ2v) is 9.72. The number of allylic oxidation sites excluding steroid dienone is 3. The summed E-state index contributed by atoms with van der Waals surface area (Å²) in [6.45, 7) is 3.28. The maximum absolute atomic E-state index is 13.5. The number of carbonyl (C=O) groups is 2. The van der Waals surface area contributed by atoms with E-state index in [0.29, 0.717) is 25.0 Å². The summed E-state index contributed by atoms with van der Waals surface area (Å²) in [6.07, 6.45) is 14.7. The topological polar surface area (TPSA) is 124 Å². The number of hydrogen-bond donors (Lipinski definition) is 4. The molecule has 2 unspecified atom stereocenters. The van der Waals surface area contributed by atoms with Gasteiger partial charge in [-0.15, -0.1) is 12.8 Å². The highest BCUT2D eigenvalue weighted by Gasteiger charge is 2.68. The molecule has 0 amide bonds. The summed E-state index contributed by atoms with van der Waals surface area (Å²) in [5, 5.41) is 28.3. The van der Waals surface area contributed by atoms with Crippen molar-refractivity contribution in [2.24, 2.45) is 34.3 Å². The molecular weight excluding hydrogens is 380 g/mol. The highest BCUT2D eigenvalue weighted by molar-refractivity contribution is 5.92. The minimum absolute atomic E-state index is 0.0701. The second kappa shape index (κ2) is 7.47. The van der Waals surface area contributed by atoms with Gasteiger partial charge in [-0.1, -0.05) is 19.4 Å². The first-order valence-electron chi connectivity index (χ1n) is 10.5. The van der Waals surface area contributed by atoms with Crippen LogP contribution in [0.25, 0.3) is 0 Å². The van der Waals surface area contributed by atoms with Gasteiger partial charge in [-0.25, -0.2) is 0 Å². The summed E-state index contributed by atoms with van der Waals surface area (Å²) in [5.74, 6) is -0.486. The molecule has 30 heavy (non-hydrogen) atoms. The summed E-state index contributed by atoms with van der Waals surface area (Å²) in [6, 6.07) is 0. The third-order valence-electron chi connectivity index (χ3n) is 8.62. The van der Waals surface area contributed by atoms with Crippen LogP contribution in [0.15, 0.2) is 22.9 Å². The minimum atomic E-state index is -1.62. The SMILES string of the molecule is C#C.C[C@]12CC(C=N)=C(N)C=C1CC[C@@H]1C2C(=O)C[C@@]2(C)C1CC[C@]2(O)C(=O)CO. The highest BCUT2D eigenvalue weighted by Crippen LogP contribution is 2.66. The Kier molecular flexibility index (Phi) is 5.59. The Morgan fingerprint density at radius 3 is 2.60 bits per heavy atom. The van der Waals surface area contributed by atoms with E-state index < -0.39 is 23.4 Å². The quantitative estimate of drug-likeness (QED) is 0.418. The summed E-state index contributed by atoms with van der Waals surface area (Å²) in [4.78, 5) is 25.9. The first-order valence-corrected chi connectivity index (χ1v) is 10.5. The maximum atomic E-state index is 13.5. The van der Waals surface area contributed by atoms with Crippen LogP contribution in [0.4, 0.5) is 0 Å². The number of fused-ring (bicyclic) bond motifs is 5. The molecule has 0 aromatic carbocycles. The van der Waals surface area contributed by atoms with Gasteiger partial charge in [0.2, 0.25) is 0 Å². The zero-order valence-electron chi connectivity index (χ0n) is 17.8. The molecule has 0 aliphatic heterocycles. The van der Waals surface area contributed by atoms with Crippen molar-refractivity contribution in [3.63, 3.8) is 0 Å². The largest absolute Gasteiger partial charge is 0.398 e. The molecule has 5 N–H and O–H groups in total. The molecule has 4 aliphatic carbocycles. The molecule has 6 heteroatoms. The van der Waals surface area contributed by atoms with E-state index in [-0.39, 0.29) is 35.4 Å². The minimum Gasteiger partial charge on any atom is -0.398 e. The number of aliphatic hydroxyl groups excluding tert-OH is 1. The van der Waals surface area contributed by atoms with E-state index in [4.69, 9.17) is 11.1 Å². The van der Waals surface area contributed by atoms with Crippen molar-refractivity contribution in [3.8, 4) is 12.8 Å². The Labute approximate surface area is 178 Å². The predicted octanol–water partition coefficient (Wildman–Crippen LogP) is 2.14. The fourth-order valence-electron chi connectivity index (χ4n) is 7.15. The number of hydrogen-bond acceptors (Lipinski definition) is 6. The van der Waals surface area contributed by atoms with E-state index in [0.717, 1.165) is 18.4 Å². The van der Waals surface area contributed by atoms with Crippen LogP contribution in [-0.4, -0.2) is 40.2 Å². The summed E-state index contributed by atoms with van der Waals surface area (Å²) < 4.78 is 0. The van der Waals surface area contributed by atoms with Gasteiger partial charge < -0.3 is 21.4 Å². The molecule has 6 nitrogen and oxygen atoms in total. The Bertz CT molecular complexity index is 872. The van der Waals surface area contributed by atoms with Crippen molar-refractivity contribution >= 4 is 17.8 Å². The van der Waals surface area contributed by atoms with Gasteiger partial charge in [-0.05, 0) is 55.6 Å². The lowest BCUT2D eigenvalue weighted by Crippen LogP contribution is -2.60. The first-order chi connectivity index (χ1) is 14.1. The van der Waals surface area contributed by atoms with Gasteiger partial charge in [-0.2, -0.15) is 0 Å². The van der Waals surface area contributed by atoms with Crippen LogP contribution in [0.1, 0.15) is 52.4 Å². The molecule has 4 rings (SSSR count). The molecule has 0 heterocycles. The average molecular weight is 413 g/mol. The Morgan fingerprint density at radius 1 is 1.33 bits per heavy atom. The van der Waals surface area contributed by atoms with Crippen molar-refractivity contribution < 1.29 is 19.8 Å². The highest BCUT2D eigenvalue weighted by atomic mass is 16.3. The fourth-order valence-corrected chi connectivity index (χ4v) is 7.15. The molecule has 0 radical (unpaired) electrons. The number of ketones is 2. The zero-order chi connectivity index (χ0) is 22.5. The number of nitrogens with one attached hydrogen (secondary N) is 1. The third-order valence-corrected chi connectivity index (χ3v) is 8.62. The van der Waals surface area contributed by atoms with E-state index in [1.54, 1.807) is 0 Å². The van der Waals surface area contributed by atoms with Crippen molar-refractivity contribution in [2.45, 2.75) is 58.0 Å². The first kappa shape index (κ1) is 22.5. The summed E-state index contributed by atoms with van der Waals surface area (Å²) in [5.41, 5.74) is 5.89. The molecule has 0 spiro atoms. The Hall–Kier alpha value is -2.23. The van der Waals surface area contributed by atoms with Crippen LogP contribution in [0.3, 0.4) is 0 Å². The standard InChI is InChI=1S/C22H30N2O4.C2H2/c1-20-8-12(10-23)16(24)7-13(20)3-4-14-15-5-6-22(28,18(27)11-25)21(15,2)9-17(26)19(14)20;1-2/h7,10,14-15,19,23,25,28H,3-6,8-9,11,24H2,1-2H3;1-2H/t14-,15?,19?,20-,21-,22-;/m0./s1. The normalized spacial score (nSPS) is 42.1. The van der Waals surface area contributed by atoms with Crippen LogP contribution in [-0.2, 0) is 9.59 Å². The Balaban J connectivity index is 0.00000124. The number of aliphatic hydroxyl groups is 2. The summed E-state index contributed by atoms with van der Waals surface area (Å²) >= 11 is 0. The van der Waals surface area contributed by atoms with E-state index in [1.165, 1.54) is 11.8 Å². The molecule has 0 aromatic heterocycles. The van der Waals surface area contributed by atoms with Crippen molar-refractivity contribution in [1.82, 2.24) is 0 Å². The molecular formula is C24H32N2O4. The van der Waals surface area contributed by atoms with Gasteiger partial charge in [0, 0.05) is 35.1 Å². The fraction of sp³-hybridized carbons (Fsp3) is 0.625. The number of nitrogens with two attached hydrogens (primary N) is 1. The lowest BCUT2D eigenvalue weighted by molar-refractivity contribution is -0.169. The number of carbonyl (C=O) groups excluding carboxylic acids is 2. The molecule has 0 aromatic rings. The van der Waals surface area contributed by atoms with Crippen LogP contribution in [0, 0.1) is 46.8 Å². The van der Waals surface area contributed by atoms with E-state index >= 15 is 0 Å². The smallest absolute Gasteiger partial charge is 0.190 e. The Morgan fingerprint density at radius 2 is 2.00 bits per heavy atom. The lowest BCUT2D eigenvalue weighted by atomic mass is 9.45. The number of rotatable bonds is 3. The lowest BCUT2D eigenvalue weighted by Gasteiger charge is -2.57. The van der Waals surface area contributed by atoms with Gasteiger partial charge in [0.15, 0.2) is 5.78 Å². The molecule has 162 valence electrons. The van der Waals surface area contributed by atoms with Gasteiger partial charge in [0.25, 0.3) is 0 Å². The van der Waals surface area contributed by atoms with Crippen LogP contribution in [0.5, 0.6) is 0 Å². The number of Topliss-reactive ketones (excluding diaryl/α,β-unsaturated/α-hetero) is 2. The van der Waals surface area contributed by atoms with E-state index in [1.807, 2.05) is 13.0 Å². The molecule has 0 saturated heterocycles. The monoisotopic (exact) mass is 412 g/mol. The van der Waals surface area contributed by atoms with E-state index in [2.05, 4.69) is 19.8 Å². The molecule has 3 fully saturated rings. The van der Waals surface area contributed by atoms with Crippen molar-refractivity contribution in [3.05, 3.63) is 22.9 Å². The maximum Gasteiger partial charge on any atom is 0.190 e. The summed E-state index contributed by atoms with van der Waals surface area (Å²) in [7, 11) is 0. The third kappa shape index (κ3) is 2.75. The second-order valence-electron chi connectivity index (χ2n) is 9.72. The van der Waals surface area contributed by atoms with Gasteiger partial charge in [-0.3, -0.25) is 9.59 Å². The van der Waals surface area contributed by atoms with Gasteiger partial charge in [0.1, 0.15) is 18.0 Å². The van der Waals surface area contributed by atoms with Crippen molar-refractivity contribution in [1.29, 1.82) is 5.41 Å². The van der Waals surface area contributed by atoms with Gasteiger partial charge in [0.05, 0.1) is 0 Å². The van der Waals surface area contributed by atoms with Crippen LogP contribution in [0.2, 0.25) is 0 Å². The number of terminal acetylenes is 1. The van der Waals surface area contributed by atoms with Crippen LogP contribution < -0.4 is 5.73 Å². The molecule has 4 aliphatic rings. The van der Waals surface area contributed by atoms with Crippen molar-refractivity contribution in [2.75, 3.05) is 6.61 Å². The molecule has 0 bridgehead atoms. The van der Waals surface area contributed by atoms with E-state index in [9.17, 15) is 19.8 Å².